The molecule has 0 atom stereocenters. The van der Waals surface area contributed by atoms with Gasteiger partial charge in [-0.25, -0.2) is 9.78 Å². The smallest absolute Gasteiger partial charge is 0.416 e. The van der Waals surface area contributed by atoms with E-state index in [0.717, 1.165) is 22.6 Å². The molecule has 224 valence electrons. The molecule has 43 heavy (non-hydrogen) atoms. The van der Waals surface area contributed by atoms with Crippen molar-refractivity contribution < 1.29 is 33.0 Å². The lowest BCUT2D eigenvalue weighted by Crippen LogP contribution is -2.39. The van der Waals surface area contributed by atoms with Crippen LogP contribution in [0.4, 0.5) is 4.79 Å². The molecule has 0 bridgehead atoms. The Morgan fingerprint density at radius 1 is 0.907 bits per heavy atom. The highest BCUT2D eigenvalue weighted by Crippen LogP contribution is 2.23. The molecule has 9 nitrogen and oxygen atoms in total. The first kappa shape index (κ1) is 30.9. The number of rotatable bonds is 11. The van der Waals surface area contributed by atoms with Crippen LogP contribution in [0.15, 0.2) is 89.4 Å². The lowest BCUT2D eigenvalue weighted by Gasteiger charge is -2.25. The van der Waals surface area contributed by atoms with Crippen molar-refractivity contribution in [3.8, 4) is 28.7 Å². The van der Waals surface area contributed by atoms with Gasteiger partial charge in [0.2, 0.25) is 5.89 Å². The average molecular weight is 585 g/mol. The number of hydrogen-bond acceptors (Lipinski definition) is 8. The van der Waals surface area contributed by atoms with E-state index in [2.05, 4.69) is 4.98 Å². The van der Waals surface area contributed by atoms with Crippen molar-refractivity contribution in [1.82, 2.24) is 9.88 Å². The monoisotopic (exact) mass is 584 g/mol. The molecule has 0 aliphatic rings. The minimum absolute atomic E-state index is 0.129. The number of nitrogens with zero attached hydrogens (tertiary/aromatic N) is 2. The number of carbonyl (C=O) groups is 2. The average Bonchev–Trinajstić information content (AvgIpc) is 3.35. The molecule has 3 aromatic carbocycles. The van der Waals surface area contributed by atoms with Gasteiger partial charge in [-0.1, -0.05) is 30.3 Å². The molecule has 0 N–H and O–H groups in total. The Hall–Kier alpha value is -5.05. The summed E-state index contributed by atoms with van der Waals surface area (Å²) in [6.07, 6.45) is 3.05. The van der Waals surface area contributed by atoms with Crippen LogP contribution in [-0.2, 0) is 16.1 Å². The molecule has 1 aromatic heterocycles. The zero-order valence-corrected chi connectivity index (χ0v) is 25.0. The minimum atomic E-state index is -0.688. The number of hydrogen-bond donors (Lipinski definition) is 0. The Morgan fingerprint density at radius 3 is 2.21 bits per heavy atom. The summed E-state index contributed by atoms with van der Waals surface area (Å²) in [4.78, 5) is 31.5. The number of ether oxygens (including phenoxy) is 4. The highest BCUT2D eigenvalue weighted by molar-refractivity contribution is 5.79. The van der Waals surface area contributed by atoms with Crippen LogP contribution in [0.25, 0.3) is 17.5 Å². The van der Waals surface area contributed by atoms with Gasteiger partial charge in [0.05, 0.1) is 7.11 Å². The Bertz CT molecular complexity index is 1520. The number of carbonyl (C=O) groups excluding carboxylic acids is 2. The van der Waals surface area contributed by atoms with E-state index in [1.165, 1.54) is 4.90 Å². The second-order valence-electron chi connectivity index (χ2n) is 10.7. The van der Waals surface area contributed by atoms with Gasteiger partial charge in [-0.15, -0.1) is 0 Å². The summed E-state index contributed by atoms with van der Waals surface area (Å²) in [7, 11) is 1.55. The van der Waals surface area contributed by atoms with Gasteiger partial charge < -0.3 is 23.4 Å². The Morgan fingerprint density at radius 2 is 1.56 bits per heavy atom. The number of esters is 1. The van der Waals surface area contributed by atoms with Gasteiger partial charge in [0.1, 0.15) is 47.5 Å². The molecule has 4 aromatic rings. The molecular formula is C34H36N2O7. The zero-order chi connectivity index (χ0) is 30.8. The molecular weight excluding hydrogens is 548 g/mol. The number of methoxy groups -OCH3 is 1. The third kappa shape index (κ3) is 9.49. The Labute approximate surface area is 251 Å². The van der Waals surface area contributed by atoms with E-state index in [-0.39, 0.29) is 13.1 Å². The quantitative estimate of drug-likeness (QED) is 0.172. The third-order valence-corrected chi connectivity index (χ3v) is 6.03. The second kappa shape index (κ2) is 14.2. The molecule has 0 radical (unpaired) electrons. The molecule has 1 heterocycles. The van der Waals surface area contributed by atoms with E-state index in [1.807, 2.05) is 61.5 Å². The summed E-state index contributed by atoms with van der Waals surface area (Å²) < 4.78 is 27.7. The van der Waals surface area contributed by atoms with Gasteiger partial charge in [-0.05, 0) is 93.9 Å². The number of benzene rings is 3. The molecule has 0 saturated heterocycles. The number of aryl methyl sites for hydroxylation is 1. The lowest BCUT2D eigenvalue weighted by molar-refractivity contribution is -0.155. The second-order valence-corrected chi connectivity index (χ2v) is 10.7. The van der Waals surface area contributed by atoms with Gasteiger partial charge in [-0.2, -0.15) is 0 Å². The standard InChI is InChI=1S/C34H36N2O7/c1-24-30(35-32(41-24)26-10-7-6-8-11-26)12-9-21-40-28-15-13-25(14-16-28)22-36(23-31(37)43-34(2,3)4)33(38)42-29-19-17-27(39-5)18-20-29/h6-20H,21-23H2,1-5H3. The van der Waals surface area contributed by atoms with E-state index in [1.54, 1.807) is 64.3 Å². The number of amides is 1. The van der Waals surface area contributed by atoms with E-state index < -0.39 is 17.7 Å². The van der Waals surface area contributed by atoms with Gasteiger partial charge >= 0.3 is 12.1 Å². The lowest BCUT2D eigenvalue weighted by atomic mass is 10.2. The van der Waals surface area contributed by atoms with Crippen LogP contribution in [0.3, 0.4) is 0 Å². The van der Waals surface area contributed by atoms with E-state index in [4.69, 9.17) is 23.4 Å². The number of oxazole rings is 1. The maximum atomic E-state index is 13.1. The van der Waals surface area contributed by atoms with E-state index >= 15 is 0 Å². The highest BCUT2D eigenvalue weighted by Gasteiger charge is 2.24. The SMILES string of the molecule is COc1ccc(OC(=O)N(CC(=O)OC(C)(C)C)Cc2ccc(OCC=Cc3nc(-c4ccccc4)oc3C)cc2)cc1. The normalized spacial score (nSPS) is 11.3. The first-order chi connectivity index (χ1) is 20.6. The first-order valence-corrected chi connectivity index (χ1v) is 13.8. The Kier molecular flexibility index (Phi) is 10.2. The van der Waals surface area contributed by atoms with Crippen molar-refractivity contribution >= 4 is 18.1 Å². The van der Waals surface area contributed by atoms with Crippen molar-refractivity contribution in [2.75, 3.05) is 20.3 Å². The molecule has 9 heteroatoms. The third-order valence-electron chi connectivity index (χ3n) is 6.03. The molecule has 0 aliphatic heterocycles. The van der Waals surface area contributed by atoms with Crippen LogP contribution in [-0.4, -0.2) is 47.8 Å². The molecule has 0 saturated carbocycles. The van der Waals surface area contributed by atoms with Crippen LogP contribution in [0, 0.1) is 6.92 Å². The van der Waals surface area contributed by atoms with Crippen LogP contribution >= 0.6 is 0 Å². The fraction of sp³-hybridized carbons (Fsp3) is 0.265. The largest absolute Gasteiger partial charge is 0.497 e. The van der Waals surface area contributed by atoms with Crippen LogP contribution < -0.4 is 14.2 Å². The number of aromatic nitrogens is 1. The Balaban J connectivity index is 1.36. The summed E-state index contributed by atoms with van der Waals surface area (Å²) in [5.41, 5.74) is 1.75. The van der Waals surface area contributed by atoms with Crippen LogP contribution in [0.5, 0.6) is 17.2 Å². The maximum Gasteiger partial charge on any atom is 0.416 e. The highest BCUT2D eigenvalue weighted by atomic mass is 16.6. The summed E-state index contributed by atoms with van der Waals surface area (Å²) in [6.45, 7) is 7.37. The molecule has 0 fully saturated rings. The topological polar surface area (TPSA) is 100 Å². The predicted octanol–water partition coefficient (Wildman–Crippen LogP) is 7.09. The summed E-state index contributed by atoms with van der Waals surface area (Å²) in [5.74, 6) is 2.37. The van der Waals surface area contributed by atoms with E-state index in [0.29, 0.717) is 29.7 Å². The van der Waals surface area contributed by atoms with Crippen molar-refractivity contribution in [2.45, 2.75) is 39.8 Å². The zero-order valence-electron chi connectivity index (χ0n) is 25.0. The van der Waals surface area contributed by atoms with Crippen molar-refractivity contribution in [3.05, 3.63) is 102 Å². The molecule has 0 unspecified atom stereocenters. The fourth-order valence-corrected chi connectivity index (χ4v) is 4.01. The summed E-state index contributed by atoms with van der Waals surface area (Å²) >= 11 is 0. The van der Waals surface area contributed by atoms with Crippen LogP contribution in [0.2, 0.25) is 0 Å². The van der Waals surface area contributed by atoms with Crippen molar-refractivity contribution in [1.29, 1.82) is 0 Å². The van der Waals surface area contributed by atoms with Gasteiger partial charge in [-0.3, -0.25) is 9.69 Å². The minimum Gasteiger partial charge on any atom is -0.497 e. The predicted molar refractivity (Wildman–Crippen MR) is 163 cm³/mol. The molecule has 4 rings (SSSR count). The fourth-order valence-electron chi connectivity index (χ4n) is 4.01. The van der Waals surface area contributed by atoms with Crippen molar-refractivity contribution in [3.63, 3.8) is 0 Å². The molecule has 0 aliphatic carbocycles. The summed E-state index contributed by atoms with van der Waals surface area (Å²) in [5, 5.41) is 0. The van der Waals surface area contributed by atoms with Crippen LogP contribution in [0.1, 0.15) is 37.8 Å². The van der Waals surface area contributed by atoms with Gasteiger partial charge in [0.25, 0.3) is 0 Å². The van der Waals surface area contributed by atoms with Crippen molar-refractivity contribution in [2.24, 2.45) is 0 Å². The molecule has 0 spiro atoms. The van der Waals surface area contributed by atoms with E-state index in [9.17, 15) is 9.59 Å². The summed E-state index contributed by atoms with van der Waals surface area (Å²) in [6, 6.07) is 23.6. The van der Waals surface area contributed by atoms with Gasteiger partial charge in [0, 0.05) is 12.1 Å². The molecule has 1 amide bonds. The van der Waals surface area contributed by atoms with Gasteiger partial charge in [0.15, 0.2) is 0 Å². The first-order valence-electron chi connectivity index (χ1n) is 13.8. The maximum absolute atomic E-state index is 13.1.